The van der Waals surface area contributed by atoms with Gasteiger partial charge in [0.05, 0.1) is 23.1 Å². The van der Waals surface area contributed by atoms with Gasteiger partial charge in [-0.15, -0.1) is 0 Å². The summed E-state index contributed by atoms with van der Waals surface area (Å²) in [5.74, 6) is -1.74. The maximum Gasteiger partial charge on any atom is 0.343 e. The fourth-order valence-corrected chi connectivity index (χ4v) is 6.70. The lowest BCUT2D eigenvalue weighted by Gasteiger charge is -2.45. The highest BCUT2D eigenvalue weighted by molar-refractivity contribution is 6.23. The summed E-state index contributed by atoms with van der Waals surface area (Å²) in [5, 5.41) is 0. The van der Waals surface area contributed by atoms with E-state index < -0.39 is 17.8 Å². The number of benzene rings is 4. The van der Waals surface area contributed by atoms with Crippen molar-refractivity contribution in [3.63, 3.8) is 0 Å². The molecule has 1 heterocycles. The molecule has 0 saturated carbocycles. The third-order valence-corrected chi connectivity index (χ3v) is 8.55. The van der Waals surface area contributed by atoms with Crippen LogP contribution >= 0.6 is 0 Å². The molecule has 0 spiro atoms. The topological polar surface area (TPSA) is 63.7 Å². The number of carbonyl (C=O) groups is 3. The first-order valence-corrected chi connectivity index (χ1v) is 12.9. The molecule has 5 heteroatoms. The minimum absolute atomic E-state index is 0.170. The summed E-state index contributed by atoms with van der Waals surface area (Å²) in [7, 11) is 0. The molecule has 1 fully saturated rings. The smallest absolute Gasteiger partial charge is 0.343 e. The molecular weight excluding hydrogens is 474 g/mol. The fraction of sp³-hybridized carbons (Fsp3) is 0.182. The summed E-state index contributed by atoms with van der Waals surface area (Å²) in [6, 6.07) is 28.5. The number of esters is 1. The number of amides is 2. The van der Waals surface area contributed by atoms with Crippen LogP contribution in [0.4, 0.5) is 5.69 Å². The molecule has 8 rings (SSSR count). The molecule has 4 aromatic carbocycles. The molecule has 4 aromatic rings. The van der Waals surface area contributed by atoms with Crippen molar-refractivity contribution in [2.45, 2.75) is 25.7 Å². The molecule has 38 heavy (non-hydrogen) atoms. The van der Waals surface area contributed by atoms with Gasteiger partial charge in [0.2, 0.25) is 11.8 Å². The SMILES string of the molecule is Cc1cccc(OC(=O)c2cccc(N3C(=O)[C@@H]4C5c6ccccc6C(c6ccccc65)[C@H]4C3=O)c2)c1C. The van der Waals surface area contributed by atoms with Crippen molar-refractivity contribution in [3.8, 4) is 5.75 Å². The van der Waals surface area contributed by atoms with E-state index in [-0.39, 0.29) is 29.2 Å². The van der Waals surface area contributed by atoms with Gasteiger partial charge in [-0.05, 0) is 71.5 Å². The highest BCUT2D eigenvalue weighted by atomic mass is 16.5. The molecule has 0 radical (unpaired) electrons. The Labute approximate surface area is 220 Å². The Bertz CT molecular complexity index is 1560. The largest absolute Gasteiger partial charge is 0.423 e. The van der Waals surface area contributed by atoms with Crippen molar-refractivity contribution >= 4 is 23.5 Å². The summed E-state index contributed by atoms with van der Waals surface area (Å²) in [5.41, 5.74) is 7.12. The third kappa shape index (κ3) is 3.08. The van der Waals surface area contributed by atoms with E-state index in [1.54, 1.807) is 30.3 Å². The Morgan fingerprint density at radius 1 is 0.684 bits per heavy atom. The zero-order chi connectivity index (χ0) is 26.1. The van der Waals surface area contributed by atoms with E-state index >= 15 is 0 Å². The second-order valence-electron chi connectivity index (χ2n) is 10.4. The zero-order valence-electron chi connectivity index (χ0n) is 21.0. The van der Waals surface area contributed by atoms with Crippen LogP contribution < -0.4 is 9.64 Å². The molecule has 1 saturated heterocycles. The van der Waals surface area contributed by atoms with Gasteiger partial charge in [-0.3, -0.25) is 9.59 Å². The lowest BCUT2D eigenvalue weighted by molar-refractivity contribution is -0.122. The Kier molecular flexibility index (Phi) is 4.92. The summed E-state index contributed by atoms with van der Waals surface area (Å²) in [6.07, 6.45) is 0. The predicted molar refractivity (Wildman–Crippen MR) is 143 cm³/mol. The van der Waals surface area contributed by atoms with Crippen LogP contribution in [0.15, 0.2) is 91.0 Å². The zero-order valence-corrected chi connectivity index (χ0v) is 21.0. The minimum Gasteiger partial charge on any atom is -0.423 e. The molecule has 4 aliphatic rings. The third-order valence-electron chi connectivity index (χ3n) is 8.55. The normalized spacial score (nSPS) is 22.6. The lowest BCUT2D eigenvalue weighted by Crippen LogP contribution is -2.41. The predicted octanol–water partition coefficient (Wildman–Crippen LogP) is 5.92. The summed E-state index contributed by atoms with van der Waals surface area (Å²) < 4.78 is 5.68. The molecule has 1 aliphatic heterocycles. The number of anilines is 1. The number of ether oxygens (including phenoxy) is 1. The summed E-state index contributed by atoms with van der Waals surface area (Å²) in [4.78, 5) is 42.4. The van der Waals surface area contributed by atoms with Crippen LogP contribution in [-0.4, -0.2) is 17.8 Å². The molecule has 186 valence electrons. The summed E-state index contributed by atoms with van der Waals surface area (Å²) in [6.45, 7) is 3.86. The van der Waals surface area contributed by atoms with Gasteiger partial charge in [0.1, 0.15) is 5.75 Å². The molecule has 0 unspecified atom stereocenters. The Balaban J connectivity index is 1.26. The average molecular weight is 500 g/mol. The van der Waals surface area contributed by atoms with Crippen molar-refractivity contribution < 1.29 is 19.1 Å². The number of rotatable bonds is 3. The van der Waals surface area contributed by atoms with Crippen LogP contribution in [0, 0.1) is 25.7 Å². The van der Waals surface area contributed by atoms with Crippen LogP contribution in [0.3, 0.4) is 0 Å². The van der Waals surface area contributed by atoms with E-state index in [1.807, 2.05) is 50.2 Å². The first-order valence-electron chi connectivity index (χ1n) is 12.9. The Morgan fingerprint density at radius 2 is 1.21 bits per heavy atom. The van der Waals surface area contributed by atoms with Crippen molar-refractivity contribution in [3.05, 3.63) is 130 Å². The quantitative estimate of drug-likeness (QED) is 0.199. The Morgan fingerprint density at radius 3 is 1.76 bits per heavy atom. The van der Waals surface area contributed by atoms with Crippen LogP contribution in [0.1, 0.15) is 55.6 Å². The Hall–Kier alpha value is -4.51. The molecule has 5 nitrogen and oxygen atoms in total. The van der Waals surface area contributed by atoms with E-state index in [1.165, 1.54) is 4.90 Å². The van der Waals surface area contributed by atoms with Crippen molar-refractivity contribution in [2.24, 2.45) is 11.8 Å². The number of hydrogen-bond acceptors (Lipinski definition) is 4. The van der Waals surface area contributed by atoms with Gasteiger partial charge in [0.15, 0.2) is 0 Å². The number of nitrogens with zero attached hydrogens (tertiary/aromatic N) is 1. The maximum atomic E-state index is 14.0. The molecule has 0 aromatic heterocycles. The molecule has 0 N–H and O–H groups in total. The first kappa shape index (κ1) is 22.7. The van der Waals surface area contributed by atoms with Crippen LogP contribution in [0.5, 0.6) is 5.75 Å². The van der Waals surface area contributed by atoms with Crippen molar-refractivity contribution in [2.75, 3.05) is 4.90 Å². The van der Waals surface area contributed by atoms with E-state index in [4.69, 9.17) is 4.74 Å². The van der Waals surface area contributed by atoms with Crippen molar-refractivity contribution in [1.82, 2.24) is 0 Å². The minimum atomic E-state index is -0.531. The van der Waals surface area contributed by atoms with Crippen molar-refractivity contribution in [1.29, 1.82) is 0 Å². The fourth-order valence-electron chi connectivity index (χ4n) is 6.70. The van der Waals surface area contributed by atoms with Crippen LogP contribution in [0.25, 0.3) is 0 Å². The van der Waals surface area contributed by atoms with Crippen LogP contribution in [0.2, 0.25) is 0 Å². The number of imide groups is 1. The highest BCUT2D eigenvalue weighted by Crippen LogP contribution is 2.61. The molecule has 2 bridgehead atoms. The standard InChI is InChI=1S/C33H25NO4/c1-18-9-7-16-26(19(18)2)38-33(37)20-10-8-11-21(17-20)34-31(35)29-27-22-12-3-4-13-23(22)28(30(29)32(34)36)25-15-6-5-14-24(25)27/h3-17,27-30H,1-2H3/t27?,28?,29-,30-/m1/s1. The second-order valence-corrected chi connectivity index (χ2v) is 10.4. The first-order chi connectivity index (χ1) is 18.5. The van der Waals surface area contributed by atoms with Gasteiger partial charge in [0.25, 0.3) is 0 Å². The molecule has 3 aliphatic carbocycles. The molecule has 2 amide bonds. The van der Waals surface area contributed by atoms with Gasteiger partial charge in [-0.2, -0.15) is 0 Å². The van der Waals surface area contributed by atoms with E-state index in [9.17, 15) is 14.4 Å². The summed E-state index contributed by atoms with van der Waals surface area (Å²) >= 11 is 0. The second kappa shape index (κ2) is 8.25. The maximum absolute atomic E-state index is 14.0. The van der Waals surface area contributed by atoms with E-state index in [0.717, 1.165) is 33.4 Å². The lowest BCUT2D eigenvalue weighted by atomic mass is 9.55. The van der Waals surface area contributed by atoms with E-state index in [0.29, 0.717) is 11.4 Å². The average Bonchev–Trinajstić information content (AvgIpc) is 3.21. The van der Waals surface area contributed by atoms with Gasteiger partial charge in [0, 0.05) is 11.8 Å². The number of carbonyl (C=O) groups excluding carboxylic acids is 3. The van der Waals surface area contributed by atoms with Gasteiger partial charge in [-0.25, -0.2) is 9.69 Å². The van der Waals surface area contributed by atoms with Gasteiger partial charge < -0.3 is 4.74 Å². The number of hydrogen-bond donors (Lipinski definition) is 0. The molecular formula is C33H25NO4. The number of aryl methyl sites for hydroxylation is 1. The highest BCUT2D eigenvalue weighted by Gasteiger charge is 2.61. The van der Waals surface area contributed by atoms with Crippen LogP contribution in [-0.2, 0) is 9.59 Å². The van der Waals surface area contributed by atoms with Gasteiger partial charge >= 0.3 is 5.97 Å². The molecule has 2 atom stereocenters. The van der Waals surface area contributed by atoms with E-state index in [2.05, 4.69) is 24.3 Å². The van der Waals surface area contributed by atoms with Gasteiger partial charge in [-0.1, -0.05) is 66.7 Å². The monoisotopic (exact) mass is 499 g/mol.